The Morgan fingerprint density at radius 3 is 2.85 bits per heavy atom. The number of carbonyl (C=O) groups excluding carboxylic acids is 1. The molecule has 3 N–H and O–H groups in total. The zero-order valence-electron chi connectivity index (χ0n) is 12.0. The quantitative estimate of drug-likeness (QED) is 0.767. The first kappa shape index (κ1) is 14.7. The zero-order valence-corrected chi connectivity index (χ0v) is 12.0. The van der Waals surface area contributed by atoms with Crippen LogP contribution in [-0.2, 0) is 0 Å². The number of rotatable bonds is 5. The molecule has 0 fully saturated rings. The van der Waals surface area contributed by atoms with Gasteiger partial charge in [-0.15, -0.1) is 0 Å². The number of aliphatic hydroxyl groups excluding tert-OH is 1. The van der Waals surface area contributed by atoms with Gasteiger partial charge in [-0.1, -0.05) is 19.9 Å². The van der Waals surface area contributed by atoms with Crippen LogP contribution in [0.2, 0.25) is 0 Å². The summed E-state index contributed by atoms with van der Waals surface area (Å²) >= 11 is 0. The van der Waals surface area contributed by atoms with Crippen LogP contribution >= 0.6 is 0 Å². The van der Waals surface area contributed by atoms with Crippen molar-refractivity contribution < 1.29 is 14.6 Å². The van der Waals surface area contributed by atoms with Crippen LogP contribution in [0.1, 0.15) is 37.0 Å². The maximum absolute atomic E-state index is 12.5. The van der Waals surface area contributed by atoms with Crippen LogP contribution in [0.15, 0.2) is 18.2 Å². The molecule has 1 heterocycles. The number of amides is 1. The summed E-state index contributed by atoms with van der Waals surface area (Å²) in [7, 11) is 0. The van der Waals surface area contributed by atoms with E-state index in [1.165, 1.54) is 0 Å². The molecule has 0 unspecified atom stereocenters. The van der Waals surface area contributed by atoms with E-state index in [9.17, 15) is 9.90 Å². The zero-order chi connectivity index (χ0) is 14.6. The van der Waals surface area contributed by atoms with Crippen molar-refractivity contribution in [2.75, 3.05) is 25.1 Å². The van der Waals surface area contributed by atoms with E-state index in [-0.39, 0.29) is 12.5 Å². The Balaban J connectivity index is 2.25. The Labute approximate surface area is 119 Å². The molecule has 0 aliphatic carbocycles. The van der Waals surface area contributed by atoms with Crippen molar-refractivity contribution in [3.05, 3.63) is 23.8 Å². The Bertz CT molecular complexity index is 476. The summed E-state index contributed by atoms with van der Waals surface area (Å²) in [6, 6.07) is 5.47. The van der Waals surface area contributed by atoms with Gasteiger partial charge in [-0.25, -0.2) is 0 Å². The highest BCUT2D eigenvalue weighted by Gasteiger charge is 2.29. The molecule has 0 saturated carbocycles. The van der Waals surface area contributed by atoms with Crippen molar-refractivity contribution in [2.45, 2.75) is 32.2 Å². The predicted molar refractivity (Wildman–Crippen MR) is 78.3 cm³/mol. The molecule has 20 heavy (non-hydrogen) atoms. The van der Waals surface area contributed by atoms with E-state index in [2.05, 4.69) is 10.6 Å². The van der Waals surface area contributed by atoms with E-state index in [4.69, 9.17) is 4.74 Å². The van der Waals surface area contributed by atoms with Gasteiger partial charge in [0.1, 0.15) is 6.61 Å². The van der Waals surface area contributed by atoms with Crippen LogP contribution in [0.25, 0.3) is 0 Å². The van der Waals surface area contributed by atoms with E-state index in [1.807, 2.05) is 26.0 Å². The lowest BCUT2D eigenvalue weighted by Crippen LogP contribution is -2.50. The molecule has 1 aliphatic rings. The van der Waals surface area contributed by atoms with Gasteiger partial charge in [0.2, 0.25) is 0 Å². The van der Waals surface area contributed by atoms with Crippen LogP contribution < -0.4 is 15.4 Å². The summed E-state index contributed by atoms with van der Waals surface area (Å²) < 4.78 is 5.61. The van der Waals surface area contributed by atoms with Crippen LogP contribution in [0.4, 0.5) is 5.69 Å². The number of hydrogen-bond donors (Lipinski definition) is 3. The molecule has 5 heteroatoms. The highest BCUT2D eigenvalue weighted by atomic mass is 16.5. The number of nitrogens with one attached hydrogen (secondary N) is 2. The highest BCUT2D eigenvalue weighted by Crippen LogP contribution is 2.31. The topological polar surface area (TPSA) is 70.6 Å². The molecule has 0 aromatic heterocycles. The van der Waals surface area contributed by atoms with Gasteiger partial charge < -0.3 is 20.5 Å². The number of anilines is 1. The molecule has 1 aromatic carbocycles. The molecule has 1 aliphatic heterocycles. The first-order chi connectivity index (χ1) is 9.65. The van der Waals surface area contributed by atoms with Gasteiger partial charge in [0.15, 0.2) is 5.75 Å². The Morgan fingerprint density at radius 2 is 2.20 bits per heavy atom. The van der Waals surface area contributed by atoms with Crippen LogP contribution in [0, 0.1) is 0 Å². The first-order valence-electron chi connectivity index (χ1n) is 7.09. The Kier molecular flexibility index (Phi) is 4.49. The van der Waals surface area contributed by atoms with Crippen molar-refractivity contribution in [1.82, 2.24) is 5.32 Å². The largest absolute Gasteiger partial charge is 0.489 e. The lowest BCUT2D eigenvalue weighted by atomic mass is 9.93. The smallest absolute Gasteiger partial charge is 0.255 e. The van der Waals surface area contributed by atoms with E-state index in [0.29, 0.717) is 30.8 Å². The van der Waals surface area contributed by atoms with Crippen molar-refractivity contribution in [1.29, 1.82) is 0 Å². The van der Waals surface area contributed by atoms with E-state index in [0.717, 1.165) is 12.2 Å². The maximum atomic E-state index is 12.5. The number of ether oxygens (including phenoxy) is 1. The highest BCUT2D eigenvalue weighted by molar-refractivity contribution is 5.99. The second-order valence-electron chi connectivity index (χ2n) is 5.06. The SMILES string of the molecule is CCC(CC)(CO)NC(=O)c1cccc2c1OCCN2. The van der Waals surface area contributed by atoms with Crippen molar-refractivity contribution in [3.63, 3.8) is 0 Å². The first-order valence-corrected chi connectivity index (χ1v) is 7.09. The molecule has 0 spiro atoms. The maximum Gasteiger partial charge on any atom is 0.255 e. The molecule has 0 bridgehead atoms. The summed E-state index contributed by atoms with van der Waals surface area (Å²) in [5.74, 6) is 0.388. The standard InChI is InChI=1S/C15H22N2O3/c1-3-15(4-2,10-18)17-14(19)11-6-5-7-12-13(11)20-9-8-16-12/h5-7,16,18H,3-4,8-10H2,1-2H3,(H,17,19). The minimum absolute atomic E-state index is 0.0696. The second kappa shape index (κ2) is 6.13. The number of aliphatic hydroxyl groups is 1. The van der Waals surface area contributed by atoms with Crippen LogP contribution in [0.3, 0.4) is 0 Å². The Hall–Kier alpha value is -1.75. The molecule has 1 aromatic rings. The van der Waals surface area contributed by atoms with Crippen LogP contribution in [-0.4, -0.2) is 36.3 Å². The minimum Gasteiger partial charge on any atom is -0.489 e. The Morgan fingerprint density at radius 1 is 1.45 bits per heavy atom. The summed E-state index contributed by atoms with van der Waals surface area (Å²) in [5.41, 5.74) is 0.781. The fourth-order valence-electron chi connectivity index (χ4n) is 2.35. The molecule has 0 atom stereocenters. The molecule has 1 amide bonds. The summed E-state index contributed by atoms with van der Waals surface area (Å²) in [6.07, 6.45) is 1.36. The lowest BCUT2D eigenvalue weighted by Gasteiger charge is -2.31. The third-order valence-electron chi connectivity index (χ3n) is 3.96. The lowest BCUT2D eigenvalue weighted by molar-refractivity contribution is 0.0814. The van der Waals surface area contributed by atoms with Gasteiger partial charge in [-0.3, -0.25) is 4.79 Å². The summed E-state index contributed by atoms with van der Waals surface area (Å²) in [5, 5.41) is 15.7. The van der Waals surface area contributed by atoms with Crippen LogP contribution in [0.5, 0.6) is 5.75 Å². The average Bonchev–Trinajstić information content (AvgIpc) is 2.52. The fourth-order valence-corrected chi connectivity index (χ4v) is 2.35. The number of hydrogen-bond acceptors (Lipinski definition) is 4. The summed E-state index contributed by atoms with van der Waals surface area (Å²) in [6.45, 7) is 5.13. The van der Waals surface area contributed by atoms with Gasteiger partial charge in [0.25, 0.3) is 5.91 Å². The number of para-hydroxylation sites is 1. The van der Waals surface area contributed by atoms with Gasteiger partial charge in [0.05, 0.1) is 23.4 Å². The molecule has 5 nitrogen and oxygen atoms in total. The van der Waals surface area contributed by atoms with Crippen molar-refractivity contribution >= 4 is 11.6 Å². The minimum atomic E-state index is -0.568. The monoisotopic (exact) mass is 278 g/mol. The molecular formula is C15H22N2O3. The van der Waals surface area contributed by atoms with Crippen molar-refractivity contribution in [2.24, 2.45) is 0 Å². The van der Waals surface area contributed by atoms with Gasteiger partial charge in [-0.05, 0) is 25.0 Å². The third-order valence-corrected chi connectivity index (χ3v) is 3.96. The van der Waals surface area contributed by atoms with E-state index in [1.54, 1.807) is 6.07 Å². The van der Waals surface area contributed by atoms with Gasteiger partial charge in [0, 0.05) is 6.54 Å². The predicted octanol–water partition coefficient (Wildman–Crippen LogP) is 1.77. The number of carbonyl (C=O) groups is 1. The van der Waals surface area contributed by atoms with Gasteiger partial charge in [-0.2, -0.15) is 0 Å². The van der Waals surface area contributed by atoms with Crippen molar-refractivity contribution in [3.8, 4) is 5.75 Å². The van der Waals surface area contributed by atoms with Gasteiger partial charge >= 0.3 is 0 Å². The molecular weight excluding hydrogens is 256 g/mol. The molecule has 110 valence electrons. The fraction of sp³-hybridized carbons (Fsp3) is 0.533. The molecule has 0 radical (unpaired) electrons. The molecule has 0 saturated heterocycles. The van der Waals surface area contributed by atoms with E-state index < -0.39 is 5.54 Å². The summed E-state index contributed by atoms with van der Waals surface area (Å²) in [4.78, 5) is 12.5. The van der Waals surface area contributed by atoms with E-state index >= 15 is 0 Å². The second-order valence-corrected chi connectivity index (χ2v) is 5.06. The average molecular weight is 278 g/mol. The molecule has 2 rings (SSSR count). The third kappa shape index (κ3) is 2.72. The number of benzene rings is 1. The number of fused-ring (bicyclic) bond motifs is 1. The normalized spacial score (nSPS) is 13.9.